The minimum Gasteiger partial charge on any atom is -0.475 e. The number of aliphatic hydroxyl groups is 1. The van der Waals surface area contributed by atoms with Crippen LogP contribution in [0, 0.1) is 11.7 Å². The second kappa shape index (κ2) is 9.53. The van der Waals surface area contributed by atoms with Gasteiger partial charge in [-0.15, -0.1) is 0 Å². The minimum absolute atomic E-state index is 0.0816. The number of aliphatic hydroxyl groups excluding tert-OH is 1. The van der Waals surface area contributed by atoms with Crippen LogP contribution in [0.3, 0.4) is 0 Å². The quantitative estimate of drug-likeness (QED) is 0.744. The van der Waals surface area contributed by atoms with Gasteiger partial charge in [0.2, 0.25) is 11.8 Å². The van der Waals surface area contributed by atoms with Crippen molar-refractivity contribution in [2.75, 3.05) is 43.1 Å². The predicted octanol–water partition coefficient (Wildman–Crippen LogP) is 3.07. The van der Waals surface area contributed by atoms with Crippen LogP contribution in [0.5, 0.6) is 5.88 Å². The molecule has 1 saturated heterocycles. The molecule has 0 spiro atoms. The molecule has 0 amide bonds. The third-order valence-corrected chi connectivity index (χ3v) is 5.51. The predicted molar refractivity (Wildman–Crippen MR) is 108 cm³/mol. The normalized spacial score (nSPS) is 24.5. The fraction of sp³-hybridized carbons (Fsp3) is 0.524. The van der Waals surface area contributed by atoms with Crippen molar-refractivity contribution in [2.45, 2.75) is 31.5 Å². The highest BCUT2D eigenvalue weighted by molar-refractivity contribution is 5.59. The first-order valence-corrected chi connectivity index (χ1v) is 10.3. The number of nitrogens with zero attached hydrogens (tertiary/aromatic N) is 3. The highest BCUT2D eigenvalue weighted by Crippen LogP contribution is 2.28. The summed E-state index contributed by atoms with van der Waals surface area (Å²) in [5.74, 6) is -0.704. The zero-order valence-electron chi connectivity index (χ0n) is 16.6. The Bertz CT molecular complexity index is 834. The van der Waals surface area contributed by atoms with Gasteiger partial charge in [0.05, 0.1) is 32.1 Å². The number of nitrogens with one attached hydrogen (secondary N) is 1. The standard InChI is InChI=1S/C21H26F2N4O3/c22-17-11-14(1-6-19(17)28)13-30-20-18(23)12-24-21(26-20)25-15-2-4-16(5-3-15)27-7-9-29-10-8-27/h2-5,12,14,17,19,28H,1,6-11,13H2,(H,24,25,26)/t14-,17+,19+/m0/s1. The number of ether oxygens (including phenoxy) is 2. The molecule has 1 aromatic carbocycles. The molecule has 7 nitrogen and oxygen atoms in total. The van der Waals surface area contributed by atoms with Gasteiger partial charge in [0, 0.05) is 24.5 Å². The molecule has 2 fully saturated rings. The zero-order valence-corrected chi connectivity index (χ0v) is 16.6. The van der Waals surface area contributed by atoms with E-state index in [1.54, 1.807) is 0 Å². The summed E-state index contributed by atoms with van der Waals surface area (Å²) in [4.78, 5) is 10.3. The zero-order chi connectivity index (χ0) is 20.9. The lowest BCUT2D eigenvalue weighted by molar-refractivity contribution is 0.0144. The topological polar surface area (TPSA) is 79.7 Å². The highest BCUT2D eigenvalue weighted by atomic mass is 19.1. The Labute approximate surface area is 174 Å². The molecule has 3 atom stereocenters. The SMILES string of the molecule is O[C@@H]1CC[C@H](COc2nc(Nc3ccc(N4CCOCC4)cc3)ncc2F)C[C@H]1F. The summed E-state index contributed by atoms with van der Waals surface area (Å²) >= 11 is 0. The second-order valence-corrected chi connectivity index (χ2v) is 7.69. The lowest BCUT2D eigenvalue weighted by Crippen LogP contribution is -2.36. The first-order valence-electron chi connectivity index (χ1n) is 10.3. The van der Waals surface area contributed by atoms with E-state index >= 15 is 0 Å². The van der Waals surface area contributed by atoms with Gasteiger partial charge in [0.15, 0.2) is 0 Å². The number of rotatable bonds is 6. The molecule has 2 N–H and O–H groups in total. The van der Waals surface area contributed by atoms with E-state index in [-0.39, 0.29) is 30.8 Å². The Morgan fingerprint density at radius 3 is 2.70 bits per heavy atom. The molecule has 2 aliphatic rings. The van der Waals surface area contributed by atoms with Gasteiger partial charge in [-0.2, -0.15) is 9.37 Å². The molecule has 1 aliphatic carbocycles. The smallest absolute Gasteiger partial charge is 0.255 e. The summed E-state index contributed by atoms with van der Waals surface area (Å²) in [7, 11) is 0. The number of halogens is 2. The maximum absolute atomic E-state index is 14.1. The number of hydrogen-bond acceptors (Lipinski definition) is 7. The third kappa shape index (κ3) is 5.14. The van der Waals surface area contributed by atoms with Gasteiger partial charge < -0.3 is 24.8 Å². The van der Waals surface area contributed by atoms with Crippen molar-refractivity contribution in [3.63, 3.8) is 0 Å². The van der Waals surface area contributed by atoms with Crippen molar-refractivity contribution in [1.29, 1.82) is 0 Å². The number of morpholine rings is 1. The molecular weight excluding hydrogens is 394 g/mol. The largest absolute Gasteiger partial charge is 0.475 e. The van der Waals surface area contributed by atoms with Crippen LogP contribution >= 0.6 is 0 Å². The van der Waals surface area contributed by atoms with E-state index in [1.807, 2.05) is 24.3 Å². The average Bonchev–Trinajstić information content (AvgIpc) is 2.77. The number of alkyl halides is 1. The maximum atomic E-state index is 14.1. The van der Waals surface area contributed by atoms with Crippen molar-refractivity contribution < 1.29 is 23.4 Å². The number of anilines is 3. The molecule has 9 heteroatoms. The van der Waals surface area contributed by atoms with Crippen LogP contribution in [0.15, 0.2) is 30.5 Å². The summed E-state index contributed by atoms with van der Waals surface area (Å²) < 4.78 is 38.6. The molecule has 2 heterocycles. The molecule has 1 saturated carbocycles. The Morgan fingerprint density at radius 1 is 1.20 bits per heavy atom. The van der Waals surface area contributed by atoms with Crippen molar-refractivity contribution in [1.82, 2.24) is 9.97 Å². The highest BCUT2D eigenvalue weighted by Gasteiger charge is 2.29. The van der Waals surface area contributed by atoms with Crippen LogP contribution in [0.4, 0.5) is 26.1 Å². The van der Waals surface area contributed by atoms with Crippen molar-refractivity contribution >= 4 is 17.3 Å². The molecule has 0 bridgehead atoms. The molecule has 0 unspecified atom stereocenters. The molecule has 162 valence electrons. The number of aromatic nitrogens is 2. The van der Waals surface area contributed by atoms with Crippen molar-refractivity contribution in [2.24, 2.45) is 5.92 Å². The Balaban J connectivity index is 1.35. The number of benzene rings is 1. The van der Waals surface area contributed by atoms with E-state index in [4.69, 9.17) is 9.47 Å². The molecule has 2 aromatic rings. The Kier molecular flexibility index (Phi) is 6.59. The van der Waals surface area contributed by atoms with Gasteiger partial charge in [-0.25, -0.2) is 9.37 Å². The summed E-state index contributed by atoms with van der Waals surface area (Å²) in [5.41, 5.74) is 1.88. The summed E-state index contributed by atoms with van der Waals surface area (Å²) in [6.07, 6.45) is 0.0932. The minimum atomic E-state index is -1.26. The van der Waals surface area contributed by atoms with Crippen molar-refractivity contribution in [3.8, 4) is 5.88 Å². The van der Waals surface area contributed by atoms with E-state index in [9.17, 15) is 13.9 Å². The van der Waals surface area contributed by atoms with Crippen LogP contribution in [0.1, 0.15) is 19.3 Å². The van der Waals surface area contributed by atoms with Crippen LogP contribution < -0.4 is 15.0 Å². The fourth-order valence-electron chi connectivity index (χ4n) is 3.75. The van der Waals surface area contributed by atoms with E-state index in [1.165, 1.54) is 0 Å². The van der Waals surface area contributed by atoms with E-state index in [2.05, 4.69) is 20.2 Å². The number of hydrogen-bond donors (Lipinski definition) is 2. The van der Waals surface area contributed by atoms with E-state index < -0.39 is 18.1 Å². The van der Waals surface area contributed by atoms with Gasteiger partial charge in [0.25, 0.3) is 5.88 Å². The molecular formula is C21H26F2N4O3. The monoisotopic (exact) mass is 420 g/mol. The van der Waals surface area contributed by atoms with Gasteiger partial charge in [-0.1, -0.05) is 0 Å². The lowest BCUT2D eigenvalue weighted by atomic mass is 9.87. The summed E-state index contributed by atoms with van der Waals surface area (Å²) in [6.45, 7) is 3.31. The summed E-state index contributed by atoms with van der Waals surface area (Å²) in [5, 5.41) is 12.5. The molecule has 1 aliphatic heterocycles. The van der Waals surface area contributed by atoms with E-state index in [0.29, 0.717) is 12.8 Å². The summed E-state index contributed by atoms with van der Waals surface area (Å²) in [6, 6.07) is 7.82. The first kappa shape index (κ1) is 20.7. The molecule has 0 radical (unpaired) electrons. The molecule has 4 rings (SSSR count). The maximum Gasteiger partial charge on any atom is 0.255 e. The first-order chi connectivity index (χ1) is 14.6. The van der Waals surface area contributed by atoms with Gasteiger partial charge >= 0.3 is 0 Å². The molecule has 1 aromatic heterocycles. The van der Waals surface area contributed by atoms with Gasteiger partial charge in [-0.05, 0) is 49.4 Å². The molecule has 30 heavy (non-hydrogen) atoms. The average molecular weight is 420 g/mol. The van der Waals surface area contributed by atoms with Gasteiger partial charge in [-0.3, -0.25) is 0 Å². The lowest BCUT2D eigenvalue weighted by Gasteiger charge is -2.28. The van der Waals surface area contributed by atoms with Crippen LogP contribution in [0.2, 0.25) is 0 Å². The van der Waals surface area contributed by atoms with Crippen LogP contribution in [-0.2, 0) is 4.74 Å². The fourth-order valence-corrected chi connectivity index (χ4v) is 3.75. The Hall–Kier alpha value is -2.52. The van der Waals surface area contributed by atoms with Crippen LogP contribution in [-0.4, -0.2) is 60.3 Å². The second-order valence-electron chi connectivity index (χ2n) is 7.69. The van der Waals surface area contributed by atoms with E-state index in [0.717, 1.165) is 43.9 Å². The van der Waals surface area contributed by atoms with Crippen molar-refractivity contribution in [3.05, 3.63) is 36.3 Å². The Morgan fingerprint density at radius 2 is 1.97 bits per heavy atom. The van der Waals surface area contributed by atoms with Gasteiger partial charge in [0.1, 0.15) is 6.17 Å². The third-order valence-electron chi connectivity index (χ3n) is 5.51. The van der Waals surface area contributed by atoms with Crippen LogP contribution in [0.25, 0.3) is 0 Å².